The number of aryl methyl sites for hydroxylation is 1. The van der Waals surface area contributed by atoms with Crippen molar-refractivity contribution in [2.24, 2.45) is 0 Å². The van der Waals surface area contributed by atoms with Crippen molar-refractivity contribution in [3.05, 3.63) is 102 Å². The molecule has 1 nitrogen and oxygen atoms in total. The lowest BCUT2D eigenvalue weighted by Gasteiger charge is -2.00. The van der Waals surface area contributed by atoms with Crippen molar-refractivity contribution in [1.29, 1.82) is 0 Å². The molecule has 116 valence electrons. The van der Waals surface area contributed by atoms with Crippen LogP contribution in [-0.4, -0.2) is 4.98 Å². The van der Waals surface area contributed by atoms with Gasteiger partial charge in [-0.3, -0.25) is 4.98 Å². The molecule has 0 bridgehead atoms. The predicted octanol–water partition coefficient (Wildman–Crippen LogP) is 5.87. The molecule has 0 atom stereocenters. The largest absolute Gasteiger partial charge is 0.256 e. The van der Waals surface area contributed by atoms with Crippen LogP contribution in [0, 0.1) is 0 Å². The van der Waals surface area contributed by atoms with E-state index in [1.807, 2.05) is 31.2 Å². The third-order valence-corrected chi connectivity index (χ3v) is 3.66. The molecule has 1 heteroatoms. The van der Waals surface area contributed by atoms with Gasteiger partial charge >= 0.3 is 0 Å². The smallest absolute Gasteiger partial charge is 0.0695 e. The Morgan fingerprint density at radius 3 is 2.43 bits per heavy atom. The molecule has 0 saturated carbocycles. The number of pyridine rings is 1. The molecule has 1 aromatic carbocycles. The van der Waals surface area contributed by atoms with Crippen LogP contribution in [0.1, 0.15) is 30.7 Å². The van der Waals surface area contributed by atoms with E-state index in [-0.39, 0.29) is 0 Å². The summed E-state index contributed by atoms with van der Waals surface area (Å²) in [6, 6.07) is 14.5. The molecule has 0 aliphatic carbocycles. The van der Waals surface area contributed by atoms with E-state index in [0.717, 1.165) is 23.3 Å². The minimum Gasteiger partial charge on any atom is -0.256 e. The van der Waals surface area contributed by atoms with Crippen molar-refractivity contribution in [3.63, 3.8) is 0 Å². The van der Waals surface area contributed by atoms with Gasteiger partial charge in [0.05, 0.1) is 5.69 Å². The zero-order valence-corrected chi connectivity index (χ0v) is 13.9. The molecule has 0 N–H and O–H groups in total. The molecule has 0 aliphatic rings. The first-order chi connectivity index (χ1) is 11.2. The van der Waals surface area contributed by atoms with Gasteiger partial charge in [0, 0.05) is 6.20 Å². The van der Waals surface area contributed by atoms with Crippen molar-refractivity contribution < 1.29 is 0 Å². The molecule has 0 radical (unpaired) electrons. The SMILES string of the molecule is C=C(\C=C/C(/C=C\c1ccc(CC)cc1)=C\C)c1ccccn1. The second-order valence-corrected chi connectivity index (χ2v) is 5.29. The normalized spacial score (nSPS) is 12.2. The average molecular weight is 301 g/mol. The first-order valence-electron chi connectivity index (χ1n) is 7.94. The molecule has 0 amide bonds. The second-order valence-electron chi connectivity index (χ2n) is 5.29. The molecule has 0 saturated heterocycles. The lowest BCUT2D eigenvalue weighted by atomic mass is 10.1. The van der Waals surface area contributed by atoms with Gasteiger partial charge in [0.15, 0.2) is 0 Å². The maximum absolute atomic E-state index is 4.30. The molecular weight excluding hydrogens is 278 g/mol. The van der Waals surface area contributed by atoms with Gasteiger partial charge in [0.2, 0.25) is 0 Å². The maximum Gasteiger partial charge on any atom is 0.0695 e. The Hall–Kier alpha value is -2.67. The first kappa shape index (κ1) is 16.7. The van der Waals surface area contributed by atoms with Crippen molar-refractivity contribution in [2.45, 2.75) is 20.3 Å². The number of benzene rings is 1. The van der Waals surface area contributed by atoms with Crippen molar-refractivity contribution in [1.82, 2.24) is 4.98 Å². The van der Waals surface area contributed by atoms with E-state index in [1.54, 1.807) is 6.20 Å². The van der Waals surface area contributed by atoms with Gasteiger partial charge < -0.3 is 0 Å². The highest BCUT2D eigenvalue weighted by Crippen LogP contribution is 2.13. The fraction of sp³-hybridized carbons (Fsp3) is 0.136. The van der Waals surface area contributed by atoms with Crippen molar-refractivity contribution in [2.75, 3.05) is 0 Å². The summed E-state index contributed by atoms with van der Waals surface area (Å²) in [5.41, 5.74) is 5.52. The lowest BCUT2D eigenvalue weighted by Crippen LogP contribution is -1.83. The number of rotatable bonds is 6. The molecular formula is C22H23N. The number of nitrogens with zero attached hydrogens (tertiary/aromatic N) is 1. The summed E-state index contributed by atoms with van der Waals surface area (Å²) in [4.78, 5) is 4.30. The van der Waals surface area contributed by atoms with Crippen LogP contribution in [0.2, 0.25) is 0 Å². The topological polar surface area (TPSA) is 12.9 Å². The van der Waals surface area contributed by atoms with Gasteiger partial charge in [-0.15, -0.1) is 0 Å². The van der Waals surface area contributed by atoms with Crippen LogP contribution < -0.4 is 0 Å². The van der Waals surface area contributed by atoms with E-state index < -0.39 is 0 Å². The van der Waals surface area contributed by atoms with Crippen LogP contribution in [0.15, 0.2) is 85.1 Å². The highest BCUT2D eigenvalue weighted by atomic mass is 14.7. The van der Waals surface area contributed by atoms with E-state index in [4.69, 9.17) is 0 Å². The van der Waals surface area contributed by atoms with Gasteiger partial charge in [0.1, 0.15) is 0 Å². The number of aromatic nitrogens is 1. The third kappa shape index (κ3) is 5.23. The zero-order chi connectivity index (χ0) is 16.5. The molecule has 0 fully saturated rings. The summed E-state index contributed by atoms with van der Waals surface area (Å²) in [7, 11) is 0. The average Bonchev–Trinajstić information content (AvgIpc) is 2.62. The highest BCUT2D eigenvalue weighted by molar-refractivity contribution is 5.70. The van der Waals surface area contributed by atoms with E-state index in [9.17, 15) is 0 Å². The highest BCUT2D eigenvalue weighted by Gasteiger charge is 1.95. The van der Waals surface area contributed by atoms with Gasteiger partial charge in [-0.05, 0) is 47.8 Å². The summed E-state index contributed by atoms with van der Waals surface area (Å²) in [6.07, 6.45) is 13.2. The Labute approximate surface area is 139 Å². The monoisotopic (exact) mass is 301 g/mol. The molecule has 0 aliphatic heterocycles. The Balaban J connectivity index is 2.03. The van der Waals surface area contributed by atoms with Gasteiger partial charge in [0.25, 0.3) is 0 Å². The quantitative estimate of drug-likeness (QED) is 0.608. The summed E-state index contributed by atoms with van der Waals surface area (Å²) in [6.45, 7) is 8.27. The summed E-state index contributed by atoms with van der Waals surface area (Å²) >= 11 is 0. The Bertz CT molecular complexity index is 716. The number of hydrogen-bond acceptors (Lipinski definition) is 1. The van der Waals surface area contributed by atoms with Gasteiger partial charge in [-0.25, -0.2) is 0 Å². The van der Waals surface area contributed by atoms with E-state index in [1.165, 1.54) is 11.1 Å². The van der Waals surface area contributed by atoms with E-state index in [2.05, 4.69) is 67.1 Å². The third-order valence-electron chi connectivity index (χ3n) is 3.66. The van der Waals surface area contributed by atoms with Crippen LogP contribution in [0.4, 0.5) is 0 Å². The molecule has 2 rings (SSSR count). The summed E-state index contributed by atoms with van der Waals surface area (Å²) < 4.78 is 0. The minimum absolute atomic E-state index is 0.901. The zero-order valence-electron chi connectivity index (χ0n) is 13.9. The number of hydrogen-bond donors (Lipinski definition) is 0. The van der Waals surface area contributed by atoms with Crippen molar-refractivity contribution >= 4 is 11.6 Å². The fourth-order valence-corrected chi connectivity index (χ4v) is 2.14. The number of allylic oxidation sites excluding steroid dienone is 6. The summed E-state index contributed by atoms with van der Waals surface area (Å²) in [5.74, 6) is 0. The van der Waals surface area contributed by atoms with Crippen molar-refractivity contribution in [3.8, 4) is 0 Å². The predicted molar refractivity (Wildman–Crippen MR) is 101 cm³/mol. The lowest BCUT2D eigenvalue weighted by molar-refractivity contribution is 1.14. The molecule has 0 unspecified atom stereocenters. The standard InChI is InChI=1S/C22H23N/c1-4-19(10-9-18(3)22-8-6-7-17-23-22)11-14-21-15-12-20(5-2)13-16-21/h4,6-17H,3,5H2,1-2H3/b10-9-,14-11-,19-4+. The van der Waals surface area contributed by atoms with Crippen LogP contribution in [-0.2, 0) is 6.42 Å². The molecule has 2 aromatic rings. The molecule has 0 spiro atoms. The molecule has 23 heavy (non-hydrogen) atoms. The van der Waals surface area contributed by atoms with Crippen LogP contribution in [0.3, 0.4) is 0 Å². The summed E-state index contributed by atoms with van der Waals surface area (Å²) in [5, 5.41) is 0. The Morgan fingerprint density at radius 2 is 1.83 bits per heavy atom. The minimum atomic E-state index is 0.901. The van der Waals surface area contributed by atoms with Crippen LogP contribution in [0.5, 0.6) is 0 Å². The molecule has 1 heterocycles. The van der Waals surface area contributed by atoms with Gasteiger partial charge in [-0.1, -0.05) is 74.2 Å². The van der Waals surface area contributed by atoms with E-state index >= 15 is 0 Å². The fourth-order valence-electron chi connectivity index (χ4n) is 2.14. The first-order valence-corrected chi connectivity index (χ1v) is 7.94. The molecule has 1 aromatic heterocycles. The Morgan fingerprint density at radius 1 is 1.04 bits per heavy atom. The second kappa shape index (κ2) is 8.70. The van der Waals surface area contributed by atoms with Crippen LogP contribution >= 0.6 is 0 Å². The maximum atomic E-state index is 4.30. The van der Waals surface area contributed by atoms with E-state index in [0.29, 0.717) is 0 Å². The van der Waals surface area contributed by atoms with Gasteiger partial charge in [-0.2, -0.15) is 0 Å². The Kier molecular flexibility index (Phi) is 6.31. The van der Waals surface area contributed by atoms with Crippen LogP contribution in [0.25, 0.3) is 11.6 Å².